The summed E-state index contributed by atoms with van der Waals surface area (Å²) in [5, 5.41) is 19.4. The van der Waals surface area contributed by atoms with Gasteiger partial charge in [0.1, 0.15) is 5.75 Å². The van der Waals surface area contributed by atoms with Crippen LogP contribution < -0.4 is 20.7 Å². The molecule has 0 bridgehead atoms. The Kier molecular flexibility index (Phi) is 9.70. The number of rotatable bonds is 10. The molecule has 1 amide bonds. The maximum Gasteiger partial charge on any atom is 0.387 e. The van der Waals surface area contributed by atoms with E-state index in [9.17, 15) is 18.7 Å². The number of hydrogen-bond acceptors (Lipinski definition) is 4. The molecule has 2 rings (SSSR count). The van der Waals surface area contributed by atoms with E-state index in [1.807, 2.05) is 31.2 Å². The van der Waals surface area contributed by atoms with Crippen LogP contribution in [0, 0.1) is 0 Å². The number of nitrogens with one attached hydrogen (secondary N) is 3. The molecule has 168 valence electrons. The van der Waals surface area contributed by atoms with Gasteiger partial charge in [0.05, 0.1) is 12.6 Å². The van der Waals surface area contributed by atoms with Crippen LogP contribution in [0.3, 0.4) is 0 Å². The summed E-state index contributed by atoms with van der Waals surface area (Å²) in [5.74, 6) is 0.490. The topological polar surface area (TPSA) is 95.0 Å². The molecule has 0 aromatic heterocycles. The van der Waals surface area contributed by atoms with E-state index >= 15 is 0 Å². The van der Waals surface area contributed by atoms with Crippen LogP contribution in [-0.2, 0) is 11.2 Å². The molecule has 31 heavy (non-hydrogen) atoms. The lowest BCUT2D eigenvalue weighted by atomic mass is 10.1. The first-order chi connectivity index (χ1) is 14.9. The molecule has 0 aliphatic rings. The maximum atomic E-state index is 12.2. The highest BCUT2D eigenvalue weighted by molar-refractivity contribution is 5.88. The first kappa shape index (κ1) is 24.1. The normalized spacial score (nSPS) is 12.4. The summed E-state index contributed by atoms with van der Waals surface area (Å²) >= 11 is 0. The standard InChI is InChI=1S/C22H28F2N4O3/c1-3-25-22(26-13-12-16-4-8-18(9-5-16)28-15(2)29)27-14-20(30)17-6-10-19(11-7-17)31-21(23)24/h4-11,20-21,30H,3,12-14H2,1-2H3,(H,28,29)(H2,25,26,27). The smallest absolute Gasteiger partial charge is 0.387 e. The average Bonchev–Trinajstić information content (AvgIpc) is 2.72. The third-order valence-electron chi connectivity index (χ3n) is 4.24. The lowest BCUT2D eigenvalue weighted by Crippen LogP contribution is -2.38. The molecule has 7 nitrogen and oxygen atoms in total. The Morgan fingerprint density at radius 3 is 2.35 bits per heavy atom. The second-order valence-corrected chi connectivity index (χ2v) is 6.74. The number of halogens is 2. The third kappa shape index (κ3) is 9.00. The summed E-state index contributed by atoms with van der Waals surface area (Å²) in [4.78, 5) is 15.5. The average molecular weight is 434 g/mol. The fraction of sp³-hybridized carbons (Fsp3) is 0.364. The van der Waals surface area contributed by atoms with E-state index in [1.54, 1.807) is 0 Å². The Bertz CT molecular complexity index is 843. The van der Waals surface area contributed by atoms with E-state index < -0.39 is 12.7 Å². The van der Waals surface area contributed by atoms with Crippen molar-refractivity contribution in [3.63, 3.8) is 0 Å². The van der Waals surface area contributed by atoms with Gasteiger partial charge in [-0.1, -0.05) is 24.3 Å². The van der Waals surface area contributed by atoms with Crippen molar-refractivity contribution in [2.45, 2.75) is 33.0 Å². The van der Waals surface area contributed by atoms with Crippen LogP contribution >= 0.6 is 0 Å². The van der Waals surface area contributed by atoms with Gasteiger partial charge in [0.25, 0.3) is 0 Å². The summed E-state index contributed by atoms with van der Waals surface area (Å²) in [6, 6.07) is 13.4. The molecule has 0 fully saturated rings. The van der Waals surface area contributed by atoms with Crippen molar-refractivity contribution < 1.29 is 23.4 Å². The SMILES string of the molecule is CCNC(=NCC(O)c1ccc(OC(F)F)cc1)NCCc1ccc(NC(C)=O)cc1. The first-order valence-electron chi connectivity index (χ1n) is 9.99. The van der Waals surface area contributed by atoms with Crippen LogP contribution in [0.25, 0.3) is 0 Å². The van der Waals surface area contributed by atoms with E-state index in [-0.39, 0.29) is 18.2 Å². The minimum absolute atomic E-state index is 0.0366. The largest absolute Gasteiger partial charge is 0.435 e. The van der Waals surface area contributed by atoms with Gasteiger partial charge < -0.3 is 25.8 Å². The fourth-order valence-electron chi connectivity index (χ4n) is 2.78. The number of anilines is 1. The molecule has 9 heteroatoms. The predicted molar refractivity (Wildman–Crippen MR) is 116 cm³/mol. The Hall–Kier alpha value is -3.20. The monoisotopic (exact) mass is 434 g/mol. The van der Waals surface area contributed by atoms with E-state index in [4.69, 9.17) is 0 Å². The third-order valence-corrected chi connectivity index (χ3v) is 4.24. The first-order valence-corrected chi connectivity index (χ1v) is 9.99. The number of aliphatic imine (C=N–C) groups is 1. The van der Waals surface area contributed by atoms with Crippen molar-refractivity contribution in [1.29, 1.82) is 0 Å². The molecule has 1 unspecified atom stereocenters. The second-order valence-electron chi connectivity index (χ2n) is 6.74. The van der Waals surface area contributed by atoms with Crippen LogP contribution in [0.5, 0.6) is 5.75 Å². The maximum absolute atomic E-state index is 12.2. The zero-order valence-corrected chi connectivity index (χ0v) is 17.6. The summed E-state index contributed by atoms with van der Waals surface area (Å²) in [7, 11) is 0. The number of carbonyl (C=O) groups excluding carboxylic acids is 1. The number of aliphatic hydroxyl groups is 1. The van der Waals surface area contributed by atoms with Gasteiger partial charge in [-0.15, -0.1) is 0 Å². The number of guanidine groups is 1. The quantitative estimate of drug-likeness (QED) is 0.341. The Balaban J connectivity index is 1.85. The molecule has 4 N–H and O–H groups in total. The van der Waals surface area contributed by atoms with Crippen molar-refractivity contribution >= 4 is 17.6 Å². The molecule has 0 aliphatic carbocycles. The zero-order chi connectivity index (χ0) is 22.6. The molecule has 0 radical (unpaired) electrons. The van der Waals surface area contributed by atoms with Gasteiger partial charge in [0.2, 0.25) is 5.91 Å². The highest BCUT2D eigenvalue weighted by atomic mass is 19.3. The summed E-state index contributed by atoms with van der Waals surface area (Å²) < 4.78 is 28.7. The van der Waals surface area contributed by atoms with Gasteiger partial charge in [0, 0.05) is 25.7 Å². The van der Waals surface area contributed by atoms with E-state index in [1.165, 1.54) is 31.2 Å². The molecule has 0 spiro atoms. The number of alkyl halides is 2. The number of aliphatic hydroxyl groups excluding tert-OH is 1. The van der Waals surface area contributed by atoms with Crippen LogP contribution in [-0.4, -0.2) is 43.2 Å². The van der Waals surface area contributed by atoms with Crippen LogP contribution in [0.4, 0.5) is 14.5 Å². The van der Waals surface area contributed by atoms with Crippen molar-refractivity contribution in [3.05, 3.63) is 59.7 Å². The van der Waals surface area contributed by atoms with Gasteiger partial charge in [-0.05, 0) is 48.7 Å². The number of ether oxygens (including phenoxy) is 1. The molecule has 0 heterocycles. The minimum atomic E-state index is -2.88. The summed E-state index contributed by atoms with van der Waals surface area (Å²) in [5.41, 5.74) is 2.41. The molecular formula is C22H28F2N4O3. The molecule has 2 aromatic carbocycles. The summed E-state index contributed by atoms with van der Waals surface area (Å²) in [6.45, 7) is 1.91. The molecular weight excluding hydrogens is 406 g/mol. The molecule has 0 saturated carbocycles. The Morgan fingerprint density at radius 2 is 1.77 bits per heavy atom. The number of hydrogen-bond donors (Lipinski definition) is 4. The number of carbonyl (C=O) groups is 1. The predicted octanol–water partition coefficient (Wildman–Crippen LogP) is 3.08. The van der Waals surface area contributed by atoms with Crippen LogP contribution in [0.15, 0.2) is 53.5 Å². The fourth-order valence-corrected chi connectivity index (χ4v) is 2.78. The van der Waals surface area contributed by atoms with Gasteiger partial charge in [-0.3, -0.25) is 9.79 Å². The number of benzene rings is 2. The van der Waals surface area contributed by atoms with Crippen molar-refractivity contribution in [2.24, 2.45) is 4.99 Å². The van der Waals surface area contributed by atoms with Crippen LogP contribution in [0.1, 0.15) is 31.1 Å². The van der Waals surface area contributed by atoms with Crippen molar-refractivity contribution in [1.82, 2.24) is 10.6 Å². The van der Waals surface area contributed by atoms with Gasteiger partial charge in [0.15, 0.2) is 5.96 Å². The highest BCUT2D eigenvalue weighted by Gasteiger charge is 2.09. The number of amides is 1. The molecule has 2 aromatic rings. The molecule has 0 saturated heterocycles. The van der Waals surface area contributed by atoms with Crippen LogP contribution in [0.2, 0.25) is 0 Å². The molecule has 1 atom stereocenters. The van der Waals surface area contributed by atoms with Gasteiger partial charge in [-0.25, -0.2) is 0 Å². The lowest BCUT2D eigenvalue weighted by Gasteiger charge is -2.14. The van der Waals surface area contributed by atoms with E-state index in [0.717, 1.165) is 17.7 Å². The van der Waals surface area contributed by atoms with E-state index in [2.05, 4.69) is 25.7 Å². The lowest BCUT2D eigenvalue weighted by molar-refractivity contribution is -0.114. The van der Waals surface area contributed by atoms with Gasteiger partial charge >= 0.3 is 6.61 Å². The zero-order valence-electron chi connectivity index (χ0n) is 17.6. The molecule has 0 aliphatic heterocycles. The van der Waals surface area contributed by atoms with E-state index in [0.29, 0.717) is 24.6 Å². The van der Waals surface area contributed by atoms with Crippen molar-refractivity contribution in [3.8, 4) is 5.75 Å². The Labute approximate surface area is 180 Å². The van der Waals surface area contributed by atoms with Crippen molar-refractivity contribution in [2.75, 3.05) is 25.0 Å². The Morgan fingerprint density at radius 1 is 1.10 bits per heavy atom. The van der Waals surface area contributed by atoms with Gasteiger partial charge in [-0.2, -0.15) is 8.78 Å². The minimum Gasteiger partial charge on any atom is -0.435 e. The second kappa shape index (κ2) is 12.5. The number of nitrogens with zero attached hydrogens (tertiary/aromatic N) is 1. The highest BCUT2D eigenvalue weighted by Crippen LogP contribution is 2.19. The summed E-state index contributed by atoms with van der Waals surface area (Å²) in [6.07, 6.45) is -0.129.